The van der Waals surface area contributed by atoms with Gasteiger partial charge in [-0.3, -0.25) is 0 Å². The molecule has 1 atom stereocenters. The molecule has 0 saturated heterocycles. The lowest BCUT2D eigenvalue weighted by Gasteiger charge is -2.07. The summed E-state index contributed by atoms with van der Waals surface area (Å²) in [5.74, 6) is 0. The molecule has 0 bridgehead atoms. The van der Waals surface area contributed by atoms with Crippen molar-refractivity contribution in [2.24, 2.45) is 0 Å². The van der Waals surface area contributed by atoms with Gasteiger partial charge in [-0.25, -0.2) is 4.79 Å². The molecule has 0 aliphatic heterocycles. The van der Waals surface area contributed by atoms with Crippen LogP contribution in [-0.4, -0.2) is 11.1 Å². The molecule has 0 fully saturated rings. The van der Waals surface area contributed by atoms with Gasteiger partial charge in [-0.2, -0.15) is 0 Å². The first-order valence-electron chi connectivity index (χ1n) is 7.22. The predicted octanol–water partition coefficient (Wildman–Crippen LogP) is 4.87. The number of nitrogens with one attached hydrogen (secondary N) is 2. The molecule has 3 rings (SSSR count). The number of rotatable bonds is 5. The van der Waals surface area contributed by atoms with Gasteiger partial charge in [0.25, 0.3) is 0 Å². The molecule has 24 heavy (non-hydrogen) atoms. The van der Waals surface area contributed by atoms with Crippen molar-refractivity contribution in [1.82, 2.24) is 5.32 Å². The van der Waals surface area contributed by atoms with Crippen LogP contribution in [0.2, 0.25) is 5.02 Å². The van der Waals surface area contributed by atoms with E-state index >= 15 is 0 Å². The zero-order chi connectivity index (χ0) is 16.9. The summed E-state index contributed by atoms with van der Waals surface area (Å²) in [5.41, 5.74) is 0.678. The summed E-state index contributed by atoms with van der Waals surface area (Å²) in [6.07, 6.45) is -0.605. The summed E-state index contributed by atoms with van der Waals surface area (Å²) in [7, 11) is 0. The lowest BCUT2D eigenvalue weighted by molar-refractivity contribution is 0.228. The molecule has 4 nitrogen and oxygen atoms in total. The lowest BCUT2D eigenvalue weighted by atomic mass is 10.2. The second-order valence-electron chi connectivity index (χ2n) is 5.04. The van der Waals surface area contributed by atoms with Gasteiger partial charge >= 0.3 is 6.03 Å². The van der Waals surface area contributed by atoms with Crippen molar-refractivity contribution < 1.29 is 9.90 Å². The highest BCUT2D eigenvalue weighted by atomic mass is 35.5. The maximum Gasteiger partial charge on any atom is 0.319 e. The monoisotopic (exact) mass is 378 g/mol. The molecule has 1 aromatic carbocycles. The average molecular weight is 379 g/mol. The Morgan fingerprint density at radius 2 is 1.92 bits per heavy atom. The fourth-order valence-electron chi connectivity index (χ4n) is 2.10. The Labute approximate surface area is 152 Å². The van der Waals surface area contributed by atoms with Crippen LogP contribution in [0.3, 0.4) is 0 Å². The van der Waals surface area contributed by atoms with Crippen molar-refractivity contribution in [2.75, 3.05) is 5.32 Å². The van der Waals surface area contributed by atoms with Gasteiger partial charge < -0.3 is 15.7 Å². The highest BCUT2D eigenvalue weighted by Crippen LogP contribution is 2.30. The number of benzene rings is 1. The lowest BCUT2D eigenvalue weighted by Crippen LogP contribution is -2.27. The number of thiophene rings is 2. The Kier molecular flexibility index (Phi) is 5.52. The number of halogens is 1. The first-order valence-corrected chi connectivity index (χ1v) is 9.30. The van der Waals surface area contributed by atoms with Gasteiger partial charge in [0.05, 0.1) is 6.54 Å². The van der Waals surface area contributed by atoms with Crippen molar-refractivity contribution in [3.05, 3.63) is 73.6 Å². The van der Waals surface area contributed by atoms with Crippen LogP contribution in [0, 0.1) is 0 Å². The molecule has 2 aromatic heterocycles. The van der Waals surface area contributed by atoms with Crippen LogP contribution in [0.4, 0.5) is 10.5 Å². The van der Waals surface area contributed by atoms with Crippen molar-refractivity contribution >= 4 is 46.0 Å². The zero-order valence-electron chi connectivity index (χ0n) is 12.5. The minimum Gasteiger partial charge on any atom is -0.382 e. The van der Waals surface area contributed by atoms with Crippen molar-refractivity contribution in [2.45, 2.75) is 12.6 Å². The normalized spacial score (nSPS) is 11.9. The number of aliphatic hydroxyl groups is 1. The van der Waals surface area contributed by atoms with Gasteiger partial charge in [0.1, 0.15) is 6.10 Å². The predicted molar refractivity (Wildman–Crippen MR) is 100 cm³/mol. The highest BCUT2D eigenvalue weighted by Gasteiger charge is 2.14. The van der Waals surface area contributed by atoms with Crippen LogP contribution >= 0.6 is 34.3 Å². The third-order valence-electron chi connectivity index (χ3n) is 3.29. The first-order chi connectivity index (χ1) is 11.6. The fraction of sp³-hybridized carbons (Fsp3) is 0.118. The summed E-state index contributed by atoms with van der Waals surface area (Å²) in [6, 6.07) is 14.3. The number of aliphatic hydroxyl groups excluding tert-OH is 1. The molecule has 0 aliphatic carbocycles. The van der Waals surface area contributed by atoms with E-state index in [0.717, 1.165) is 14.6 Å². The molecule has 0 aliphatic rings. The van der Waals surface area contributed by atoms with E-state index in [2.05, 4.69) is 10.6 Å². The van der Waals surface area contributed by atoms with E-state index in [0.29, 0.717) is 17.3 Å². The quantitative estimate of drug-likeness (QED) is 0.593. The molecule has 2 heterocycles. The topological polar surface area (TPSA) is 61.4 Å². The number of carbonyl (C=O) groups is 1. The Bertz CT molecular complexity index is 800. The standard InChI is InChI=1S/C17H15ClN2O2S2/c18-11-3-5-12(6-4-11)20-17(22)19-10-13-7-8-15(24-13)16(21)14-2-1-9-23-14/h1-9,16,21H,10H2,(H2,19,20,22). The molecule has 0 spiro atoms. The van der Waals surface area contributed by atoms with E-state index < -0.39 is 6.10 Å². The Morgan fingerprint density at radius 1 is 1.12 bits per heavy atom. The van der Waals surface area contributed by atoms with Crippen LogP contribution in [-0.2, 0) is 6.54 Å². The Balaban J connectivity index is 1.53. The van der Waals surface area contributed by atoms with E-state index in [1.165, 1.54) is 22.7 Å². The van der Waals surface area contributed by atoms with Gasteiger partial charge in [-0.05, 0) is 47.8 Å². The Morgan fingerprint density at radius 3 is 2.62 bits per heavy atom. The van der Waals surface area contributed by atoms with Crippen molar-refractivity contribution in [3.8, 4) is 0 Å². The maximum absolute atomic E-state index is 11.9. The van der Waals surface area contributed by atoms with E-state index in [9.17, 15) is 9.90 Å². The molecule has 0 radical (unpaired) electrons. The number of amides is 2. The van der Waals surface area contributed by atoms with Gasteiger partial charge in [-0.1, -0.05) is 17.7 Å². The minimum absolute atomic E-state index is 0.286. The molecule has 124 valence electrons. The van der Waals surface area contributed by atoms with Crippen LogP contribution in [0.5, 0.6) is 0 Å². The molecule has 0 saturated carbocycles. The van der Waals surface area contributed by atoms with Crippen LogP contribution in [0.15, 0.2) is 53.9 Å². The summed E-state index contributed by atoms with van der Waals surface area (Å²) >= 11 is 8.82. The molecule has 3 N–H and O–H groups in total. The zero-order valence-corrected chi connectivity index (χ0v) is 14.9. The third kappa shape index (κ3) is 4.36. The minimum atomic E-state index is -0.605. The molecule has 3 aromatic rings. The van der Waals surface area contributed by atoms with E-state index in [1.807, 2.05) is 29.6 Å². The van der Waals surface area contributed by atoms with Crippen molar-refractivity contribution in [1.29, 1.82) is 0 Å². The van der Waals surface area contributed by atoms with Gasteiger partial charge in [0, 0.05) is 25.3 Å². The van der Waals surface area contributed by atoms with E-state index in [-0.39, 0.29) is 6.03 Å². The molecule has 2 amide bonds. The van der Waals surface area contributed by atoms with Crippen molar-refractivity contribution in [3.63, 3.8) is 0 Å². The maximum atomic E-state index is 11.9. The SMILES string of the molecule is O=C(NCc1ccc(C(O)c2cccs2)s1)Nc1ccc(Cl)cc1. The summed E-state index contributed by atoms with van der Waals surface area (Å²) in [6.45, 7) is 0.404. The number of anilines is 1. The van der Waals surface area contributed by atoms with E-state index in [4.69, 9.17) is 11.6 Å². The smallest absolute Gasteiger partial charge is 0.319 e. The largest absolute Gasteiger partial charge is 0.382 e. The molecule has 7 heteroatoms. The Hall–Kier alpha value is -1.86. The highest BCUT2D eigenvalue weighted by molar-refractivity contribution is 7.12. The fourth-order valence-corrected chi connectivity index (χ4v) is 3.99. The summed E-state index contributed by atoms with van der Waals surface area (Å²) < 4.78 is 0. The summed E-state index contributed by atoms with van der Waals surface area (Å²) in [5, 5.41) is 18.4. The number of hydrogen-bond acceptors (Lipinski definition) is 4. The molecule has 1 unspecified atom stereocenters. The van der Waals surface area contributed by atoms with Gasteiger partial charge in [-0.15, -0.1) is 22.7 Å². The second-order valence-corrected chi connectivity index (χ2v) is 7.65. The average Bonchev–Trinajstić information content (AvgIpc) is 3.26. The summed E-state index contributed by atoms with van der Waals surface area (Å²) in [4.78, 5) is 14.7. The first kappa shape index (κ1) is 17.0. The third-order valence-corrected chi connectivity index (χ3v) is 5.60. The van der Waals surface area contributed by atoms with Gasteiger partial charge in [0.2, 0.25) is 0 Å². The van der Waals surface area contributed by atoms with Crippen LogP contribution in [0.25, 0.3) is 0 Å². The van der Waals surface area contributed by atoms with Crippen LogP contribution < -0.4 is 10.6 Å². The number of hydrogen-bond donors (Lipinski definition) is 3. The van der Waals surface area contributed by atoms with E-state index in [1.54, 1.807) is 24.3 Å². The van der Waals surface area contributed by atoms with Crippen LogP contribution in [0.1, 0.15) is 20.7 Å². The second kappa shape index (κ2) is 7.81. The number of carbonyl (C=O) groups excluding carboxylic acids is 1. The number of urea groups is 1. The molecular formula is C17H15ClN2O2S2. The van der Waals surface area contributed by atoms with Gasteiger partial charge in [0.15, 0.2) is 0 Å². The molecular weight excluding hydrogens is 364 g/mol.